The summed E-state index contributed by atoms with van der Waals surface area (Å²) in [5, 5.41) is 6.33. The molecule has 0 spiro atoms. The number of hydrogen-bond donors (Lipinski definition) is 2. The van der Waals surface area contributed by atoms with Crippen LogP contribution in [0.15, 0.2) is 53.7 Å². The maximum Gasteiger partial charge on any atom is 0.243 e. The highest BCUT2D eigenvalue weighted by Crippen LogP contribution is 2.23. The Hall–Kier alpha value is -2.80. The van der Waals surface area contributed by atoms with Crippen LogP contribution in [0.5, 0.6) is 0 Å². The van der Waals surface area contributed by atoms with Gasteiger partial charge < -0.3 is 15.2 Å². The van der Waals surface area contributed by atoms with Crippen LogP contribution < -0.4 is 10.6 Å². The largest absolute Gasteiger partial charge is 0.346 e. The summed E-state index contributed by atoms with van der Waals surface area (Å²) < 4.78 is 2.08. The fourth-order valence-corrected chi connectivity index (χ4v) is 3.88. The second-order valence-electron chi connectivity index (χ2n) is 6.25. The molecule has 0 fully saturated rings. The minimum atomic E-state index is -0.236. The van der Waals surface area contributed by atoms with E-state index in [9.17, 15) is 9.59 Å². The molecule has 146 valence electrons. The highest BCUT2D eigenvalue weighted by Gasteiger charge is 2.13. The fourth-order valence-electron chi connectivity index (χ4n) is 2.97. The van der Waals surface area contributed by atoms with Crippen LogP contribution in [0.3, 0.4) is 0 Å². The molecule has 2 N–H and O–H groups in total. The van der Waals surface area contributed by atoms with E-state index in [-0.39, 0.29) is 24.1 Å². The zero-order valence-corrected chi connectivity index (χ0v) is 16.9. The third-order valence-electron chi connectivity index (χ3n) is 4.39. The molecule has 0 aliphatic rings. The lowest BCUT2D eigenvalue weighted by molar-refractivity contribution is -0.122. The topological polar surface area (TPSA) is 76.0 Å². The molecular formula is C21H24N4O2S. The van der Waals surface area contributed by atoms with E-state index in [1.54, 1.807) is 0 Å². The molecule has 0 aliphatic heterocycles. The van der Waals surface area contributed by atoms with Gasteiger partial charge in [-0.25, -0.2) is 4.98 Å². The summed E-state index contributed by atoms with van der Waals surface area (Å²) in [5.74, 6) is -0.221. The van der Waals surface area contributed by atoms with Gasteiger partial charge in [-0.3, -0.25) is 9.59 Å². The van der Waals surface area contributed by atoms with Gasteiger partial charge in [0, 0.05) is 12.2 Å². The molecular weight excluding hydrogens is 372 g/mol. The van der Waals surface area contributed by atoms with Crippen molar-refractivity contribution in [1.82, 2.24) is 14.9 Å². The lowest BCUT2D eigenvalue weighted by Gasteiger charge is -2.10. The number of rotatable bonds is 8. The van der Waals surface area contributed by atoms with Crippen LogP contribution in [0.25, 0.3) is 11.0 Å². The molecule has 2 aromatic carbocycles. The number of fused-ring (bicyclic) bond motifs is 1. The predicted molar refractivity (Wildman–Crippen MR) is 114 cm³/mol. The molecule has 6 nitrogen and oxygen atoms in total. The van der Waals surface area contributed by atoms with Crippen molar-refractivity contribution in [2.45, 2.75) is 32.0 Å². The van der Waals surface area contributed by atoms with Gasteiger partial charge in [-0.05, 0) is 37.1 Å². The van der Waals surface area contributed by atoms with Gasteiger partial charge in [0.25, 0.3) is 0 Å². The van der Waals surface area contributed by atoms with Gasteiger partial charge in [-0.1, -0.05) is 49.0 Å². The van der Waals surface area contributed by atoms with Gasteiger partial charge >= 0.3 is 0 Å². The SMILES string of the molecule is CCc1ccccc1NC(=O)CNC(=O)CSc1nc2ccccc2n1CC. The quantitative estimate of drug-likeness (QED) is 0.572. The van der Waals surface area contributed by atoms with Crippen molar-refractivity contribution in [2.75, 3.05) is 17.6 Å². The third kappa shape index (κ3) is 4.72. The van der Waals surface area contributed by atoms with Crippen LogP contribution in [-0.4, -0.2) is 33.7 Å². The Morgan fingerprint density at radius 1 is 1.04 bits per heavy atom. The average molecular weight is 397 g/mol. The van der Waals surface area contributed by atoms with Gasteiger partial charge in [0.2, 0.25) is 11.8 Å². The number of aryl methyl sites for hydroxylation is 2. The molecule has 0 unspecified atom stereocenters. The Bertz CT molecular complexity index is 983. The van der Waals surface area contributed by atoms with Gasteiger partial charge in [0.15, 0.2) is 5.16 Å². The Balaban J connectivity index is 1.51. The lowest BCUT2D eigenvalue weighted by atomic mass is 10.1. The van der Waals surface area contributed by atoms with E-state index in [4.69, 9.17) is 0 Å². The summed E-state index contributed by atoms with van der Waals surface area (Å²) in [7, 11) is 0. The molecule has 1 aromatic heterocycles. The van der Waals surface area contributed by atoms with E-state index >= 15 is 0 Å². The number of imidazole rings is 1. The average Bonchev–Trinajstić information content (AvgIpc) is 3.08. The van der Waals surface area contributed by atoms with Gasteiger partial charge in [0.05, 0.1) is 23.3 Å². The Labute approximate surface area is 168 Å². The minimum absolute atomic E-state index is 0.0539. The zero-order valence-electron chi connectivity index (χ0n) is 16.1. The van der Waals surface area contributed by atoms with Crippen molar-refractivity contribution in [2.24, 2.45) is 0 Å². The Kier molecular flexibility index (Phi) is 6.71. The Morgan fingerprint density at radius 2 is 1.79 bits per heavy atom. The van der Waals surface area contributed by atoms with Crippen LogP contribution in [0, 0.1) is 0 Å². The van der Waals surface area contributed by atoms with Gasteiger partial charge in [-0.15, -0.1) is 0 Å². The van der Waals surface area contributed by atoms with Crippen molar-refractivity contribution >= 4 is 40.3 Å². The monoisotopic (exact) mass is 396 g/mol. The molecule has 28 heavy (non-hydrogen) atoms. The molecule has 0 aliphatic carbocycles. The maximum absolute atomic E-state index is 12.2. The van der Waals surface area contributed by atoms with E-state index in [0.29, 0.717) is 0 Å². The standard InChI is InChI=1S/C21H24N4O2S/c1-3-15-9-5-6-10-16(15)23-19(26)13-22-20(27)14-28-21-24-17-11-7-8-12-18(17)25(21)4-2/h5-12H,3-4,13-14H2,1-2H3,(H,22,27)(H,23,26). The summed E-state index contributed by atoms with van der Waals surface area (Å²) in [4.78, 5) is 28.9. The molecule has 1 heterocycles. The maximum atomic E-state index is 12.2. The van der Waals surface area contributed by atoms with Crippen LogP contribution >= 0.6 is 11.8 Å². The number of nitrogens with one attached hydrogen (secondary N) is 2. The summed E-state index contributed by atoms with van der Waals surface area (Å²) in [6.07, 6.45) is 0.831. The molecule has 2 amide bonds. The fraction of sp³-hybridized carbons (Fsp3) is 0.286. The smallest absolute Gasteiger partial charge is 0.243 e. The van der Waals surface area contributed by atoms with E-state index in [2.05, 4.69) is 27.1 Å². The summed E-state index contributed by atoms with van der Waals surface area (Å²) in [6.45, 7) is 4.82. The van der Waals surface area contributed by atoms with Crippen molar-refractivity contribution in [1.29, 1.82) is 0 Å². The molecule has 0 atom stereocenters. The van der Waals surface area contributed by atoms with Crippen LogP contribution in [-0.2, 0) is 22.6 Å². The van der Waals surface area contributed by atoms with E-state index in [1.807, 2.05) is 55.5 Å². The van der Waals surface area contributed by atoms with Crippen molar-refractivity contribution in [3.8, 4) is 0 Å². The summed E-state index contributed by atoms with van der Waals surface area (Å²) >= 11 is 1.38. The molecule has 0 saturated heterocycles. The molecule has 3 aromatic rings. The van der Waals surface area contributed by atoms with Crippen LogP contribution in [0.4, 0.5) is 5.69 Å². The number of benzene rings is 2. The second kappa shape index (κ2) is 9.41. The van der Waals surface area contributed by atoms with E-state index < -0.39 is 0 Å². The number of amides is 2. The molecule has 7 heteroatoms. The summed E-state index contributed by atoms with van der Waals surface area (Å²) in [5.41, 5.74) is 3.83. The van der Waals surface area contributed by atoms with E-state index in [1.165, 1.54) is 11.8 Å². The third-order valence-corrected chi connectivity index (χ3v) is 5.36. The minimum Gasteiger partial charge on any atom is -0.346 e. The normalized spacial score (nSPS) is 10.8. The first-order chi connectivity index (χ1) is 13.6. The van der Waals surface area contributed by atoms with E-state index in [0.717, 1.165) is 40.4 Å². The number of para-hydroxylation sites is 3. The number of thioether (sulfide) groups is 1. The second-order valence-corrected chi connectivity index (χ2v) is 7.19. The van der Waals surface area contributed by atoms with Crippen LogP contribution in [0.2, 0.25) is 0 Å². The highest BCUT2D eigenvalue weighted by atomic mass is 32.2. The molecule has 0 bridgehead atoms. The molecule has 0 saturated carbocycles. The predicted octanol–water partition coefficient (Wildman–Crippen LogP) is 3.47. The molecule has 3 rings (SSSR count). The molecule has 0 radical (unpaired) electrons. The number of anilines is 1. The van der Waals surface area contributed by atoms with Gasteiger partial charge in [-0.2, -0.15) is 0 Å². The number of carbonyl (C=O) groups is 2. The van der Waals surface area contributed by atoms with Crippen LogP contribution in [0.1, 0.15) is 19.4 Å². The van der Waals surface area contributed by atoms with Crippen molar-refractivity contribution in [3.05, 3.63) is 54.1 Å². The first-order valence-electron chi connectivity index (χ1n) is 9.34. The zero-order chi connectivity index (χ0) is 19.9. The highest BCUT2D eigenvalue weighted by molar-refractivity contribution is 7.99. The number of aromatic nitrogens is 2. The van der Waals surface area contributed by atoms with Crippen molar-refractivity contribution < 1.29 is 9.59 Å². The summed E-state index contributed by atoms with van der Waals surface area (Å²) in [6, 6.07) is 15.6. The number of nitrogens with zero attached hydrogens (tertiary/aromatic N) is 2. The number of carbonyl (C=O) groups excluding carboxylic acids is 2. The van der Waals surface area contributed by atoms with Crippen molar-refractivity contribution in [3.63, 3.8) is 0 Å². The Morgan fingerprint density at radius 3 is 2.57 bits per heavy atom. The first kappa shape index (κ1) is 19.9. The number of hydrogen-bond acceptors (Lipinski definition) is 4. The first-order valence-corrected chi connectivity index (χ1v) is 10.3. The van der Waals surface area contributed by atoms with Gasteiger partial charge in [0.1, 0.15) is 0 Å². The lowest BCUT2D eigenvalue weighted by Crippen LogP contribution is -2.34.